The predicted octanol–water partition coefficient (Wildman–Crippen LogP) is 1.65. The fourth-order valence-corrected chi connectivity index (χ4v) is 3.07. The minimum absolute atomic E-state index is 0.236. The Morgan fingerprint density at radius 2 is 2.19 bits per heavy atom. The molecular weight excluding hydrogens is 336 g/mol. The molecule has 0 bridgehead atoms. The Morgan fingerprint density at radius 3 is 3.00 bits per heavy atom. The lowest BCUT2D eigenvalue weighted by atomic mass is 10.1. The summed E-state index contributed by atoms with van der Waals surface area (Å²) in [7, 11) is 1.56. The smallest absolute Gasteiger partial charge is 0.407 e. The lowest BCUT2D eigenvalue weighted by molar-refractivity contribution is 0.128. The van der Waals surface area contributed by atoms with Gasteiger partial charge in [-0.25, -0.2) is 14.8 Å². The number of hydrogen-bond donors (Lipinski definition) is 3. The van der Waals surface area contributed by atoms with E-state index in [0.29, 0.717) is 42.7 Å². The first-order chi connectivity index (χ1) is 12.7. The Bertz CT molecular complexity index is 957. The van der Waals surface area contributed by atoms with Crippen LogP contribution < -0.4 is 10.1 Å². The van der Waals surface area contributed by atoms with Gasteiger partial charge in [-0.2, -0.15) is 5.10 Å². The summed E-state index contributed by atoms with van der Waals surface area (Å²) in [4.78, 5) is 21.6. The van der Waals surface area contributed by atoms with E-state index in [1.54, 1.807) is 7.11 Å². The molecule has 3 N–H and O–H groups in total. The van der Waals surface area contributed by atoms with Crippen LogP contribution in [0.1, 0.15) is 11.9 Å². The standard InChI is InChI=1S/C17H18N6O3/c1-26-16-11(8-10-4-2-3-5-12(10)19-16)14-20-15(22-21-14)13-9-23(17(24)25)7-6-18-13/h2-5,8,13,18H,6-7,9H2,1H3,(H,24,25)(H,20,21,22). The maximum atomic E-state index is 11.2. The lowest BCUT2D eigenvalue weighted by Gasteiger charge is -2.30. The molecule has 134 valence electrons. The zero-order valence-corrected chi connectivity index (χ0v) is 14.1. The number of benzene rings is 1. The topological polar surface area (TPSA) is 116 Å². The number of amides is 1. The van der Waals surface area contributed by atoms with Gasteiger partial charge >= 0.3 is 6.09 Å². The molecule has 26 heavy (non-hydrogen) atoms. The number of para-hydroxylation sites is 1. The van der Waals surface area contributed by atoms with Crippen LogP contribution in [-0.4, -0.2) is 63.0 Å². The molecule has 2 aromatic heterocycles. The Balaban J connectivity index is 1.67. The van der Waals surface area contributed by atoms with Crippen molar-refractivity contribution in [3.05, 3.63) is 36.2 Å². The van der Waals surface area contributed by atoms with Crippen molar-refractivity contribution in [2.75, 3.05) is 26.7 Å². The van der Waals surface area contributed by atoms with Gasteiger partial charge in [-0.15, -0.1) is 0 Å². The first-order valence-corrected chi connectivity index (χ1v) is 8.23. The molecule has 9 heteroatoms. The summed E-state index contributed by atoms with van der Waals surface area (Å²) in [6.45, 7) is 1.33. The number of hydrogen-bond acceptors (Lipinski definition) is 6. The van der Waals surface area contributed by atoms with Gasteiger partial charge in [0.2, 0.25) is 5.88 Å². The number of carbonyl (C=O) groups is 1. The molecule has 3 heterocycles. The van der Waals surface area contributed by atoms with Gasteiger partial charge in [-0.1, -0.05) is 18.2 Å². The quantitative estimate of drug-likeness (QED) is 0.655. The summed E-state index contributed by atoms with van der Waals surface area (Å²) in [6.07, 6.45) is -0.934. The van der Waals surface area contributed by atoms with Gasteiger partial charge in [-0.05, 0) is 12.1 Å². The molecule has 0 aliphatic carbocycles. The highest BCUT2D eigenvalue weighted by molar-refractivity contribution is 5.84. The van der Waals surface area contributed by atoms with Crippen LogP contribution in [0.5, 0.6) is 5.88 Å². The van der Waals surface area contributed by atoms with Gasteiger partial charge in [0.25, 0.3) is 0 Å². The van der Waals surface area contributed by atoms with E-state index < -0.39 is 6.09 Å². The molecule has 1 amide bonds. The van der Waals surface area contributed by atoms with Crippen LogP contribution >= 0.6 is 0 Å². The van der Waals surface area contributed by atoms with Crippen molar-refractivity contribution < 1.29 is 14.6 Å². The average molecular weight is 354 g/mol. The molecule has 0 spiro atoms. The minimum Gasteiger partial charge on any atom is -0.480 e. The van der Waals surface area contributed by atoms with E-state index in [4.69, 9.17) is 4.74 Å². The molecule has 1 aliphatic heterocycles. The highest BCUT2D eigenvalue weighted by atomic mass is 16.5. The van der Waals surface area contributed by atoms with Crippen LogP contribution in [-0.2, 0) is 0 Å². The van der Waals surface area contributed by atoms with Crippen molar-refractivity contribution in [3.63, 3.8) is 0 Å². The second-order valence-corrected chi connectivity index (χ2v) is 6.02. The summed E-state index contributed by atoms with van der Waals surface area (Å²) in [5.74, 6) is 1.49. The number of fused-ring (bicyclic) bond motifs is 1. The summed E-state index contributed by atoms with van der Waals surface area (Å²) < 4.78 is 5.40. The second-order valence-electron chi connectivity index (χ2n) is 6.02. The van der Waals surface area contributed by atoms with Gasteiger partial charge in [0, 0.05) is 25.0 Å². The zero-order valence-electron chi connectivity index (χ0n) is 14.1. The van der Waals surface area contributed by atoms with Gasteiger partial charge in [0.1, 0.15) is 5.82 Å². The number of pyridine rings is 1. The maximum Gasteiger partial charge on any atom is 0.407 e. The van der Waals surface area contributed by atoms with Gasteiger partial charge in [0.05, 0.1) is 24.2 Å². The number of rotatable bonds is 3. The third kappa shape index (κ3) is 2.93. The highest BCUT2D eigenvalue weighted by Gasteiger charge is 2.27. The fourth-order valence-electron chi connectivity index (χ4n) is 3.07. The van der Waals surface area contributed by atoms with Crippen molar-refractivity contribution in [3.8, 4) is 17.3 Å². The molecule has 1 aliphatic rings. The Kier molecular flexibility index (Phi) is 4.13. The first kappa shape index (κ1) is 16.3. The molecule has 1 atom stereocenters. The van der Waals surface area contributed by atoms with Crippen LogP contribution in [0.15, 0.2) is 30.3 Å². The monoisotopic (exact) mass is 354 g/mol. The van der Waals surface area contributed by atoms with E-state index in [0.717, 1.165) is 10.9 Å². The number of H-pyrrole nitrogens is 1. The van der Waals surface area contributed by atoms with Crippen molar-refractivity contribution >= 4 is 17.0 Å². The van der Waals surface area contributed by atoms with E-state index in [2.05, 4.69) is 25.5 Å². The number of nitrogens with zero attached hydrogens (tertiary/aromatic N) is 4. The number of piperazine rings is 1. The van der Waals surface area contributed by atoms with Crippen LogP contribution in [0.4, 0.5) is 4.79 Å². The van der Waals surface area contributed by atoms with Crippen LogP contribution in [0.3, 0.4) is 0 Å². The minimum atomic E-state index is -0.934. The third-order valence-corrected chi connectivity index (χ3v) is 4.40. The molecule has 1 fully saturated rings. The normalized spacial score (nSPS) is 17.4. The van der Waals surface area contributed by atoms with Gasteiger partial charge < -0.3 is 20.1 Å². The van der Waals surface area contributed by atoms with Crippen molar-refractivity contribution in [1.29, 1.82) is 0 Å². The molecule has 1 unspecified atom stereocenters. The molecule has 1 saturated heterocycles. The SMILES string of the molecule is COc1nc2ccccc2cc1-c1n[nH]c(C2CN(C(=O)O)CCN2)n1. The Morgan fingerprint density at radius 1 is 1.35 bits per heavy atom. The highest BCUT2D eigenvalue weighted by Crippen LogP contribution is 2.30. The molecule has 0 saturated carbocycles. The molecule has 0 radical (unpaired) electrons. The molecule has 9 nitrogen and oxygen atoms in total. The van der Waals surface area contributed by atoms with E-state index in [1.165, 1.54) is 4.90 Å². The van der Waals surface area contributed by atoms with Crippen LogP contribution in [0, 0.1) is 0 Å². The van der Waals surface area contributed by atoms with Crippen molar-refractivity contribution in [2.45, 2.75) is 6.04 Å². The number of carboxylic acid groups (broad SMARTS) is 1. The van der Waals surface area contributed by atoms with Crippen molar-refractivity contribution in [1.82, 2.24) is 30.4 Å². The average Bonchev–Trinajstić information content (AvgIpc) is 3.17. The predicted molar refractivity (Wildman–Crippen MR) is 94.0 cm³/mol. The molecule has 4 rings (SSSR count). The van der Waals surface area contributed by atoms with E-state index in [-0.39, 0.29) is 6.04 Å². The summed E-state index contributed by atoms with van der Waals surface area (Å²) in [5, 5.41) is 20.6. The molecule has 3 aromatic rings. The zero-order chi connectivity index (χ0) is 18.1. The fraction of sp³-hybridized carbons (Fsp3) is 0.294. The third-order valence-electron chi connectivity index (χ3n) is 4.40. The summed E-state index contributed by atoms with van der Waals surface area (Å²) >= 11 is 0. The summed E-state index contributed by atoms with van der Waals surface area (Å²) in [6, 6.07) is 9.44. The Hall–Kier alpha value is -3.20. The largest absolute Gasteiger partial charge is 0.480 e. The Labute approximate surface area is 149 Å². The number of methoxy groups -OCH3 is 1. The number of ether oxygens (including phenoxy) is 1. The first-order valence-electron chi connectivity index (χ1n) is 8.23. The van der Waals surface area contributed by atoms with Crippen LogP contribution in [0.25, 0.3) is 22.3 Å². The van der Waals surface area contributed by atoms with E-state index >= 15 is 0 Å². The van der Waals surface area contributed by atoms with Crippen LogP contribution in [0.2, 0.25) is 0 Å². The maximum absolute atomic E-state index is 11.2. The number of aromatic nitrogens is 4. The van der Waals surface area contributed by atoms with Gasteiger partial charge in [0.15, 0.2) is 5.82 Å². The summed E-state index contributed by atoms with van der Waals surface area (Å²) in [5.41, 5.74) is 1.51. The van der Waals surface area contributed by atoms with Gasteiger partial charge in [-0.3, -0.25) is 5.10 Å². The molecule has 1 aromatic carbocycles. The molecular formula is C17H18N6O3. The number of aromatic amines is 1. The van der Waals surface area contributed by atoms with E-state index in [1.807, 2.05) is 30.3 Å². The number of nitrogens with one attached hydrogen (secondary N) is 2. The van der Waals surface area contributed by atoms with Crippen molar-refractivity contribution in [2.24, 2.45) is 0 Å². The lowest BCUT2D eigenvalue weighted by Crippen LogP contribution is -2.48. The second kappa shape index (κ2) is 6.60. The van der Waals surface area contributed by atoms with E-state index in [9.17, 15) is 9.90 Å².